The van der Waals surface area contributed by atoms with Crippen LogP contribution in [0, 0.1) is 0 Å². The number of pyridine rings is 1. The molecule has 1 aromatic carbocycles. The van der Waals surface area contributed by atoms with Crippen molar-refractivity contribution in [3.8, 4) is 5.75 Å². The third kappa shape index (κ3) is 3.72. The molecule has 0 saturated carbocycles. The molecule has 2 rings (SSSR count). The number of rotatable bonds is 5. The van der Waals surface area contributed by atoms with Crippen LogP contribution in [0.4, 0.5) is 5.82 Å². The molecule has 112 valence electrons. The summed E-state index contributed by atoms with van der Waals surface area (Å²) in [6, 6.07) is 7.48. The van der Waals surface area contributed by atoms with Gasteiger partial charge in [-0.1, -0.05) is 0 Å². The number of anilines is 1. The van der Waals surface area contributed by atoms with Crippen molar-refractivity contribution in [3.05, 3.63) is 46.6 Å². The van der Waals surface area contributed by atoms with E-state index in [-0.39, 0.29) is 17.3 Å². The van der Waals surface area contributed by atoms with Gasteiger partial charge >= 0.3 is 0 Å². The van der Waals surface area contributed by atoms with Gasteiger partial charge in [0.25, 0.3) is 10.0 Å². The molecule has 2 aromatic rings. The van der Waals surface area contributed by atoms with Gasteiger partial charge in [0.2, 0.25) is 0 Å². The lowest BCUT2D eigenvalue weighted by Gasteiger charge is -2.11. The molecule has 0 unspecified atom stereocenters. The predicted octanol–water partition coefficient (Wildman–Crippen LogP) is 2.15. The van der Waals surface area contributed by atoms with Crippen molar-refractivity contribution in [1.29, 1.82) is 0 Å². The molecule has 21 heavy (non-hydrogen) atoms. The summed E-state index contributed by atoms with van der Waals surface area (Å²) >= 11 is 3.22. The minimum absolute atomic E-state index is 0.0251. The normalized spacial score (nSPS) is 11.2. The van der Waals surface area contributed by atoms with E-state index in [4.69, 9.17) is 4.74 Å². The van der Waals surface area contributed by atoms with Gasteiger partial charge < -0.3 is 9.84 Å². The summed E-state index contributed by atoms with van der Waals surface area (Å²) in [4.78, 5) is 3.98. The van der Waals surface area contributed by atoms with Gasteiger partial charge in [-0.25, -0.2) is 13.4 Å². The molecule has 0 amide bonds. The highest BCUT2D eigenvalue weighted by molar-refractivity contribution is 9.10. The minimum atomic E-state index is -3.78. The highest BCUT2D eigenvalue weighted by atomic mass is 79.9. The molecule has 0 aliphatic heterocycles. The number of hydrogen-bond donors (Lipinski definition) is 2. The fraction of sp³-hybridized carbons (Fsp3) is 0.154. The van der Waals surface area contributed by atoms with Crippen LogP contribution in [0.3, 0.4) is 0 Å². The summed E-state index contributed by atoms with van der Waals surface area (Å²) in [5, 5.41) is 9.25. The van der Waals surface area contributed by atoms with Crippen LogP contribution < -0.4 is 9.46 Å². The van der Waals surface area contributed by atoms with Crippen molar-refractivity contribution in [2.75, 3.05) is 11.8 Å². The molecule has 0 fully saturated rings. The van der Waals surface area contributed by atoms with Gasteiger partial charge in [-0.15, -0.1) is 0 Å². The van der Waals surface area contributed by atoms with Gasteiger partial charge in [0.15, 0.2) is 0 Å². The molecule has 2 N–H and O–H groups in total. The van der Waals surface area contributed by atoms with Gasteiger partial charge in [-0.05, 0) is 46.3 Å². The first-order valence-electron chi connectivity index (χ1n) is 5.88. The van der Waals surface area contributed by atoms with Crippen LogP contribution in [0.15, 0.2) is 45.9 Å². The number of nitrogens with one attached hydrogen (secondary N) is 1. The van der Waals surface area contributed by atoms with Gasteiger partial charge in [0.05, 0.1) is 18.6 Å². The number of hydrogen-bond acceptors (Lipinski definition) is 5. The van der Waals surface area contributed by atoms with Crippen LogP contribution in [-0.4, -0.2) is 25.6 Å². The Morgan fingerprint density at radius 1 is 1.33 bits per heavy atom. The van der Waals surface area contributed by atoms with Crippen LogP contribution >= 0.6 is 15.9 Å². The average molecular weight is 373 g/mol. The standard InChI is InChI=1S/C13H13BrN2O4S/c1-20-12-4-3-11(6-9(12)8-17)21(18,19)16-13-5-2-10(14)7-15-13/h2-7,17H,8H2,1H3,(H,15,16). The van der Waals surface area contributed by atoms with Crippen molar-refractivity contribution in [2.24, 2.45) is 0 Å². The SMILES string of the molecule is COc1ccc(S(=O)(=O)Nc2ccc(Br)cn2)cc1CO. The molecule has 0 atom stereocenters. The monoisotopic (exact) mass is 372 g/mol. The summed E-state index contributed by atoms with van der Waals surface area (Å²) in [6.07, 6.45) is 1.49. The number of aliphatic hydroxyl groups is 1. The first-order chi connectivity index (χ1) is 9.96. The number of methoxy groups -OCH3 is 1. The zero-order valence-electron chi connectivity index (χ0n) is 11.1. The topological polar surface area (TPSA) is 88.5 Å². The molecule has 1 aromatic heterocycles. The first kappa shape index (κ1) is 15.7. The lowest BCUT2D eigenvalue weighted by molar-refractivity contribution is 0.273. The van der Waals surface area contributed by atoms with Crippen LogP contribution in [-0.2, 0) is 16.6 Å². The van der Waals surface area contributed by atoms with Crippen LogP contribution in [0.25, 0.3) is 0 Å². The first-order valence-corrected chi connectivity index (χ1v) is 8.16. The Bertz CT molecular complexity index is 732. The number of aromatic nitrogens is 1. The van der Waals surface area contributed by atoms with E-state index in [0.29, 0.717) is 11.3 Å². The van der Waals surface area contributed by atoms with Crippen molar-refractivity contribution in [2.45, 2.75) is 11.5 Å². The average Bonchev–Trinajstić information content (AvgIpc) is 2.48. The van der Waals surface area contributed by atoms with E-state index >= 15 is 0 Å². The van der Waals surface area contributed by atoms with Crippen molar-refractivity contribution in [3.63, 3.8) is 0 Å². The second kappa shape index (κ2) is 6.42. The van der Waals surface area contributed by atoms with E-state index in [2.05, 4.69) is 25.6 Å². The summed E-state index contributed by atoms with van der Waals surface area (Å²) in [5.41, 5.74) is 0.393. The third-order valence-electron chi connectivity index (χ3n) is 2.70. The fourth-order valence-corrected chi connectivity index (χ4v) is 2.97. The van der Waals surface area contributed by atoms with Gasteiger partial charge in [0, 0.05) is 16.2 Å². The van der Waals surface area contributed by atoms with Crippen molar-refractivity contribution >= 4 is 31.8 Å². The van der Waals surface area contributed by atoms with Gasteiger partial charge in [0.1, 0.15) is 11.6 Å². The molecule has 0 radical (unpaired) electrons. The molecule has 0 spiro atoms. The zero-order valence-corrected chi connectivity index (χ0v) is 13.5. The Hall–Kier alpha value is -1.64. The quantitative estimate of drug-likeness (QED) is 0.839. The minimum Gasteiger partial charge on any atom is -0.496 e. The molecular weight excluding hydrogens is 360 g/mol. The lowest BCUT2D eigenvalue weighted by Crippen LogP contribution is -2.14. The summed E-state index contributed by atoms with van der Waals surface area (Å²) < 4.78 is 32.7. The van der Waals surface area contributed by atoms with Crippen LogP contribution in [0.1, 0.15) is 5.56 Å². The van der Waals surface area contributed by atoms with Crippen LogP contribution in [0.5, 0.6) is 5.75 Å². The summed E-state index contributed by atoms with van der Waals surface area (Å²) in [5.74, 6) is 0.637. The number of aliphatic hydroxyl groups excluding tert-OH is 1. The molecule has 8 heteroatoms. The van der Waals surface area contributed by atoms with Gasteiger partial charge in [-0.2, -0.15) is 0 Å². The van der Waals surface area contributed by atoms with Crippen molar-refractivity contribution < 1.29 is 18.3 Å². The summed E-state index contributed by atoms with van der Waals surface area (Å²) in [6.45, 7) is -0.316. The highest BCUT2D eigenvalue weighted by Gasteiger charge is 2.17. The number of halogens is 1. The Balaban J connectivity index is 2.33. The van der Waals surface area contributed by atoms with E-state index in [1.54, 1.807) is 6.07 Å². The summed E-state index contributed by atoms with van der Waals surface area (Å²) in [7, 11) is -2.33. The maximum atomic E-state index is 12.3. The zero-order chi connectivity index (χ0) is 15.5. The van der Waals surface area contributed by atoms with E-state index in [1.165, 1.54) is 37.6 Å². The molecule has 0 aliphatic carbocycles. The van der Waals surface area contributed by atoms with Gasteiger partial charge in [-0.3, -0.25) is 4.72 Å². The number of nitrogens with zero attached hydrogens (tertiary/aromatic N) is 1. The lowest BCUT2D eigenvalue weighted by atomic mass is 10.2. The largest absolute Gasteiger partial charge is 0.496 e. The number of ether oxygens (including phenoxy) is 1. The fourth-order valence-electron chi connectivity index (χ4n) is 1.68. The number of benzene rings is 1. The van der Waals surface area contributed by atoms with E-state index in [1.807, 2.05) is 0 Å². The molecule has 0 bridgehead atoms. The van der Waals surface area contributed by atoms with E-state index < -0.39 is 10.0 Å². The Kier molecular flexibility index (Phi) is 4.81. The third-order valence-corrected chi connectivity index (χ3v) is 4.52. The molecule has 6 nitrogen and oxygen atoms in total. The molecule has 0 aliphatic rings. The Morgan fingerprint density at radius 2 is 2.10 bits per heavy atom. The number of sulfonamides is 1. The second-order valence-corrected chi connectivity index (χ2v) is 6.70. The maximum absolute atomic E-state index is 12.3. The Morgan fingerprint density at radius 3 is 2.67 bits per heavy atom. The van der Waals surface area contributed by atoms with Crippen LogP contribution in [0.2, 0.25) is 0 Å². The van der Waals surface area contributed by atoms with E-state index in [0.717, 1.165) is 4.47 Å². The molecular formula is C13H13BrN2O4S. The predicted molar refractivity (Wildman–Crippen MR) is 81.7 cm³/mol. The molecule has 0 saturated heterocycles. The molecule has 1 heterocycles. The van der Waals surface area contributed by atoms with E-state index in [9.17, 15) is 13.5 Å². The second-order valence-electron chi connectivity index (χ2n) is 4.10. The Labute approximate surface area is 131 Å². The smallest absolute Gasteiger partial charge is 0.263 e. The van der Waals surface area contributed by atoms with Crippen molar-refractivity contribution in [1.82, 2.24) is 4.98 Å². The highest BCUT2D eigenvalue weighted by Crippen LogP contribution is 2.23. The maximum Gasteiger partial charge on any atom is 0.263 e.